The van der Waals surface area contributed by atoms with Gasteiger partial charge in [0.05, 0.1) is 0 Å². The van der Waals surface area contributed by atoms with Gasteiger partial charge in [-0.2, -0.15) is 11.8 Å². The highest BCUT2D eigenvalue weighted by Gasteiger charge is 2.34. The van der Waals surface area contributed by atoms with Crippen LogP contribution < -0.4 is 5.32 Å². The Kier molecular flexibility index (Phi) is 3.78. The highest BCUT2D eigenvalue weighted by molar-refractivity contribution is 8.00. The zero-order valence-corrected chi connectivity index (χ0v) is 10.3. The molecule has 2 fully saturated rings. The fourth-order valence-corrected chi connectivity index (χ4v) is 4.31. The van der Waals surface area contributed by atoms with Crippen LogP contribution in [0.3, 0.4) is 0 Å². The van der Waals surface area contributed by atoms with Gasteiger partial charge in [-0.3, -0.25) is 0 Å². The third kappa shape index (κ3) is 2.66. The molecule has 3 atom stereocenters. The summed E-state index contributed by atoms with van der Waals surface area (Å²) in [5.74, 6) is 0.849. The van der Waals surface area contributed by atoms with Crippen molar-refractivity contribution in [3.05, 3.63) is 0 Å². The average Bonchev–Trinajstić information content (AvgIpc) is 2.54. The van der Waals surface area contributed by atoms with Crippen LogP contribution >= 0.6 is 11.8 Å². The van der Waals surface area contributed by atoms with Gasteiger partial charge in [-0.15, -0.1) is 0 Å². The molecule has 2 aliphatic heterocycles. The third-order valence-electron chi connectivity index (χ3n) is 3.74. The second kappa shape index (κ2) is 4.89. The first-order chi connectivity index (χ1) is 6.78. The van der Waals surface area contributed by atoms with E-state index in [0.29, 0.717) is 0 Å². The summed E-state index contributed by atoms with van der Waals surface area (Å²) in [4.78, 5) is 0. The van der Waals surface area contributed by atoms with Crippen molar-refractivity contribution in [2.24, 2.45) is 5.92 Å². The number of rotatable bonds is 4. The maximum absolute atomic E-state index is 3.76. The standard InChI is InChI=1S/C12H23NS/c1-3-9(2)8-13-10-6-11-4-5-12(7-10)14-11/h9-13H,3-8H2,1-2H3. The Morgan fingerprint density at radius 1 is 1.29 bits per heavy atom. The summed E-state index contributed by atoms with van der Waals surface area (Å²) in [7, 11) is 0. The largest absolute Gasteiger partial charge is 0.314 e. The van der Waals surface area contributed by atoms with Crippen molar-refractivity contribution in [3.8, 4) is 0 Å². The van der Waals surface area contributed by atoms with Gasteiger partial charge in [-0.05, 0) is 38.1 Å². The smallest absolute Gasteiger partial charge is 0.00882 e. The third-order valence-corrected chi connectivity index (χ3v) is 5.37. The van der Waals surface area contributed by atoms with Gasteiger partial charge < -0.3 is 5.32 Å². The van der Waals surface area contributed by atoms with Crippen LogP contribution in [0.4, 0.5) is 0 Å². The van der Waals surface area contributed by atoms with Crippen LogP contribution in [-0.2, 0) is 0 Å². The average molecular weight is 213 g/mol. The Bertz CT molecular complexity index is 171. The molecule has 0 spiro atoms. The highest BCUT2D eigenvalue weighted by atomic mass is 32.2. The molecule has 0 amide bonds. The van der Waals surface area contributed by atoms with Gasteiger partial charge in [0.1, 0.15) is 0 Å². The predicted octanol–water partition coefficient (Wildman–Crippen LogP) is 3.05. The molecule has 0 aliphatic carbocycles. The van der Waals surface area contributed by atoms with Gasteiger partial charge in [0.2, 0.25) is 0 Å². The molecular formula is C12H23NS. The minimum absolute atomic E-state index is 0.836. The van der Waals surface area contributed by atoms with Crippen LogP contribution in [0.25, 0.3) is 0 Å². The van der Waals surface area contributed by atoms with E-state index in [0.717, 1.165) is 22.5 Å². The quantitative estimate of drug-likeness (QED) is 0.770. The van der Waals surface area contributed by atoms with E-state index >= 15 is 0 Å². The van der Waals surface area contributed by atoms with Crippen molar-refractivity contribution in [3.63, 3.8) is 0 Å². The van der Waals surface area contributed by atoms with Crippen molar-refractivity contribution < 1.29 is 0 Å². The SMILES string of the molecule is CCC(C)CNC1CC2CCC(C1)S2. The fraction of sp³-hybridized carbons (Fsp3) is 1.00. The Labute approximate surface area is 92.4 Å². The molecule has 2 heterocycles. The summed E-state index contributed by atoms with van der Waals surface area (Å²) in [6.07, 6.45) is 7.13. The number of hydrogen-bond donors (Lipinski definition) is 1. The van der Waals surface area contributed by atoms with E-state index in [1.807, 2.05) is 0 Å². The van der Waals surface area contributed by atoms with Gasteiger partial charge in [0, 0.05) is 16.5 Å². The van der Waals surface area contributed by atoms with E-state index in [-0.39, 0.29) is 0 Å². The summed E-state index contributed by atoms with van der Waals surface area (Å²) in [6, 6.07) is 0.836. The van der Waals surface area contributed by atoms with Crippen LogP contribution in [0.2, 0.25) is 0 Å². The summed E-state index contributed by atoms with van der Waals surface area (Å²) < 4.78 is 0. The zero-order chi connectivity index (χ0) is 9.97. The van der Waals surface area contributed by atoms with E-state index in [1.54, 1.807) is 0 Å². The fourth-order valence-electron chi connectivity index (χ4n) is 2.54. The van der Waals surface area contributed by atoms with Gasteiger partial charge in [-0.25, -0.2) is 0 Å². The lowest BCUT2D eigenvalue weighted by atomic mass is 10.1. The van der Waals surface area contributed by atoms with Gasteiger partial charge in [0.15, 0.2) is 0 Å². The van der Waals surface area contributed by atoms with Crippen LogP contribution in [0.1, 0.15) is 46.0 Å². The van der Waals surface area contributed by atoms with Crippen LogP contribution in [0.5, 0.6) is 0 Å². The molecule has 1 N–H and O–H groups in total. The first kappa shape index (κ1) is 10.8. The molecule has 2 saturated heterocycles. The molecule has 0 radical (unpaired) electrons. The molecule has 0 saturated carbocycles. The normalized spacial score (nSPS) is 38.6. The Morgan fingerprint density at radius 3 is 2.50 bits per heavy atom. The van der Waals surface area contributed by atoms with Crippen LogP contribution in [-0.4, -0.2) is 23.1 Å². The monoisotopic (exact) mass is 213 g/mol. The maximum atomic E-state index is 3.76. The topological polar surface area (TPSA) is 12.0 Å². The zero-order valence-electron chi connectivity index (χ0n) is 9.46. The molecule has 2 rings (SSSR count). The lowest BCUT2D eigenvalue weighted by Crippen LogP contribution is -2.37. The number of thioether (sulfide) groups is 1. The van der Waals surface area contributed by atoms with E-state index in [2.05, 4.69) is 30.9 Å². The molecule has 1 nitrogen and oxygen atoms in total. The van der Waals surface area contributed by atoms with Gasteiger partial charge in [-0.1, -0.05) is 20.3 Å². The van der Waals surface area contributed by atoms with Gasteiger partial charge in [0.25, 0.3) is 0 Å². The van der Waals surface area contributed by atoms with E-state index in [4.69, 9.17) is 0 Å². The molecule has 0 aromatic heterocycles. The first-order valence-electron chi connectivity index (χ1n) is 6.16. The van der Waals surface area contributed by atoms with Crippen molar-refractivity contribution in [2.75, 3.05) is 6.54 Å². The lowest BCUT2D eigenvalue weighted by Gasteiger charge is -2.29. The highest BCUT2D eigenvalue weighted by Crippen LogP contribution is 2.43. The van der Waals surface area contributed by atoms with E-state index in [9.17, 15) is 0 Å². The molecule has 3 unspecified atom stereocenters. The molecule has 2 aliphatic rings. The number of hydrogen-bond acceptors (Lipinski definition) is 2. The maximum Gasteiger partial charge on any atom is 0.00882 e. The van der Waals surface area contributed by atoms with Gasteiger partial charge >= 0.3 is 0 Å². The Balaban J connectivity index is 1.71. The predicted molar refractivity (Wildman–Crippen MR) is 64.9 cm³/mol. The minimum atomic E-state index is 0.836. The Morgan fingerprint density at radius 2 is 1.93 bits per heavy atom. The molecule has 2 heteroatoms. The van der Waals surface area contributed by atoms with E-state index < -0.39 is 0 Å². The molecule has 2 bridgehead atoms. The number of nitrogens with one attached hydrogen (secondary N) is 1. The molecule has 0 aromatic carbocycles. The molecular weight excluding hydrogens is 190 g/mol. The van der Waals surface area contributed by atoms with Crippen LogP contribution in [0, 0.1) is 5.92 Å². The second-order valence-corrected chi connectivity index (χ2v) is 6.65. The molecule has 14 heavy (non-hydrogen) atoms. The summed E-state index contributed by atoms with van der Waals surface area (Å²) in [6.45, 7) is 5.86. The summed E-state index contributed by atoms with van der Waals surface area (Å²) >= 11 is 2.26. The van der Waals surface area contributed by atoms with E-state index in [1.165, 1.54) is 38.6 Å². The molecule has 82 valence electrons. The first-order valence-corrected chi connectivity index (χ1v) is 7.11. The summed E-state index contributed by atoms with van der Waals surface area (Å²) in [5, 5.41) is 5.74. The summed E-state index contributed by atoms with van der Waals surface area (Å²) in [5.41, 5.74) is 0. The van der Waals surface area contributed by atoms with Crippen molar-refractivity contribution >= 4 is 11.8 Å². The van der Waals surface area contributed by atoms with Crippen molar-refractivity contribution in [1.29, 1.82) is 0 Å². The lowest BCUT2D eigenvalue weighted by molar-refractivity contribution is 0.405. The number of fused-ring (bicyclic) bond motifs is 2. The van der Waals surface area contributed by atoms with Crippen LogP contribution in [0.15, 0.2) is 0 Å². The molecule has 0 aromatic rings. The Hall–Kier alpha value is 0.310. The van der Waals surface area contributed by atoms with Crippen molar-refractivity contribution in [1.82, 2.24) is 5.32 Å². The minimum Gasteiger partial charge on any atom is -0.314 e. The second-order valence-electron chi connectivity index (χ2n) is 5.05. The van der Waals surface area contributed by atoms with Crippen molar-refractivity contribution in [2.45, 2.75) is 62.5 Å².